The number of nitrogens with one attached hydrogen (secondary N) is 2. The van der Waals surface area contributed by atoms with Gasteiger partial charge in [-0.2, -0.15) is 13.2 Å². The number of ether oxygens (including phenoxy) is 1. The van der Waals surface area contributed by atoms with Crippen LogP contribution >= 0.6 is 0 Å². The number of hydrogen-bond acceptors (Lipinski definition) is 2. The third-order valence-corrected chi connectivity index (χ3v) is 2.20. The van der Waals surface area contributed by atoms with Gasteiger partial charge in [-0.1, -0.05) is 0 Å². The van der Waals surface area contributed by atoms with Crippen molar-refractivity contribution in [2.24, 2.45) is 4.99 Å². The minimum absolute atomic E-state index is 0.0939. The fourth-order valence-corrected chi connectivity index (χ4v) is 1.38. The third kappa shape index (κ3) is 10.2. The predicted octanol–water partition coefficient (Wildman–Crippen LogP) is 1.92. The number of alkyl halides is 3. The average molecular weight is 269 g/mol. The summed E-state index contributed by atoms with van der Waals surface area (Å²) in [5, 5.41) is 6.03. The summed E-state index contributed by atoms with van der Waals surface area (Å²) in [6.45, 7) is 2.93. The lowest BCUT2D eigenvalue weighted by atomic mass is 10.2. The van der Waals surface area contributed by atoms with Crippen molar-refractivity contribution in [3.8, 4) is 0 Å². The molecule has 0 spiro atoms. The smallest absolute Gasteiger partial charge is 0.383 e. The molecule has 0 aromatic rings. The molecule has 108 valence electrons. The molecule has 0 amide bonds. The lowest BCUT2D eigenvalue weighted by molar-refractivity contribution is -0.135. The van der Waals surface area contributed by atoms with Crippen molar-refractivity contribution in [3.05, 3.63) is 0 Å². The largest absolute Gasteiger partial charge is 0.389 e. The summed E-state index contributed by atoms with van der Waals surface area (Å²) in [5.74, 6) is 0.576. The standard InChI is InChI=1S/C11H22F3N3O/c1-9(8-18-3)17-10(15-2)16-7-5-4-6-11(12,13)14/h9H,4-8H2,1-3H3,(H2,15,16,17). The van der Waals surface area contributed by atoms with Crippen molar-refractivity contribution in [1.82, 2.24) is 10.6 Å². The molecule has 0 saturated carbocycles. The van der Waals surface area contributed by atoms with E-state index in [0.717, 1.165) is 0 Å². The van der Waals surface area contributed by atoms with Crippen LogP contribution in [0.4, 0.5) is 13.2 Å². The van der Waals surface area contributed by atoms with E-state index in [1.807, 2.05) is 6.92 Å². The zero-order chi connectivity index (χ0) is 14.0. The summed E-state index contributed by atoms with van der Waals surface area (Å²) < 4.78 is 40.6. The molecule has 0 fully saturated rings. The van der Waals surface area contributed by atoms with E-state index in [-0.39, 0.29) is 12.5 Å². The van der Waals surface area contributed by atoms with Gasteiger partial charge in [-0.25, -0.2) is 0 Å². The Kier molecular flexibility index (Phi) is 8.53. The zero-order valence-corrected chi connectivity index (χ0v) is 11.1. The van der Waals surface area contributed by atoms with Gasteiger partial charge >= 0.3 is 6.18 Å². The number of halogens is 3. The van der Waals surface area contributed by atoms with E-state index in [4.69, 9.17) is 4.74 Å². The fraction of sp³-hybridized carbons (Fsp3) is 0.909. The van der Waals surface area contributed by atoms with Crippen LogP contribution in [-0.4, -0.2) is 45.5 Å². The first-order valence-corrected chi connectivity index (χ1v) is 5.92. The highest BCUT2D eigenvalue weighted by molar-refractivity contribution is 5.79. The first kappa shape index (κ1) is 17.0. The van der Waals surface area contributed by atoms with Gasteiger partial charge in [-0.3, -0.25) is 4.99 Å². The Labute approximate surface area is 106 Å². The second-order valence-corrected chi connectivity index (χ2v) is 4.07. The highest BCUT2D eigenvalue weighted by Crippen LogP contribution is 2.21. The molecular weight excluding hydrogens is 247 g/mol. The van der Waals surface area contributed by atoms with Crippen molar-refractivity contribution in [3.63, 3.8) is 0 Å². The number of guanidine groups is 1. The molecule has 0 aliphatic carbocycles. The van der Waals surface area contributed by atoms with Crippen molar-refractivity contribution < 1.29 is 17.9 Å². The molecule has 7 heteroatoms. The molecule has 0 aliphatic rings. The van der Waals surface area contributed by atoms with E-state index in [1.54, 1.807) is 14.2 Å². The molecule has 0 radical (unpaired) electrons. The number of hydrogen-bond donors (Lipinski definition) is 2. The highest BCUT2D eigenvalue weighted by atomic mass is 19.4. The molecule has 1 atom stereocenters. The van der Waals surface area contributed by atoms with E-state index in [2.05, 4.69) is 15.6 Å². The summed E-state index contributed by atoms with van der Waals surface area (Å²) >= 11 is 0. The molecular formula is C11H22F3N3O. The van der Waals surface area contributed by atoms with E-state index >= 15 is 0 Å². The van der Waals surface area contributed by atoms with E-state index in [9.17, 15) is 13.2 Å². The van der Waals surface area contributed by atoms with Gasteiger partial charge in [0.1, 0.15) is 0 Å². The van der Waals surface area contributed by atoms with Gasteiger partial charge in [-0.15, -0.1) is 0 Å². The van der Waals surface area contributed by atoms with Crippen LogP contribution in [0.3, 0.4) is 0 Å². The van der Waals surface area contributed by atoms with Crippen LogP contribution < -0.4 is 10.6 Å². The second-order valence-electron chi connectivity index (χ2n) is 4.07. The van der Waals surface area contributed by atoms with E-state index in [1.165, 1.54) is 0 Å². The highest BCUT2D eigenvalue weighted by Gasteiger charge is 2.25. The number of nitrogens with zero attached hydrogens (tertiary/aromatic N) is 1. The van der Waals surface area contributed by atoms with Crippen LogP contribution in [0.5, 0.6) is 0 Å². The van der Waals surface area contributed by atoms with Crippen molar-refractivity contribution in [2.75, 3.05) is 27.3 Å². The van der Waals surface area contributed by atoms with Crippen molar-refractivity contribution in [1.29, 1.82) is 0 Å². The van der Waals surface area contributed by atoms with Gasteiger partial charge in [0.05, 0.1) is 6.61 Å². The van der Waals surface area contributed by atoms with Crippen molar-refractivity contribution in [2.45, 2.75) is 38.4 Å². The predicted molar refractivity (Wildman–Crippen MR) is 65.7 cm³/mol. The Morgan fingerprint density at radius 1 is 1.33 bits per heavy atom. The van der Waals surface area contributed by atoms with E-state index < -0.39 is 12.6 Å². The average Bonchev–Trinajstić information content (AvgIpc) is 2.25. The molecule has 18 heavy (non-hydrogen) atoms. The normalized spacial score (nSPS) is 14.4. The molecule has 0 heterocycles. The maximum Gasteiger partial charge on any atom is 0.389 e. The molecule has 1 unspecified atom stereocenters. The lowest BCUT2D eigenvalue weighted by Crippen LogP contribution is -2.44. The minimum atomic E-state index is -4.06. The minimum Gasteiger partial charge on any atom is -0.383 e. The van der Waals surface area contributed by atoms with Gasteiger partial charge < -0.3 is 15.4 Å². The van der Waals surface area contributed by atoms with Crippen LogP contribution in [0.1, 0.15) is 26.2 Å². The Morgan fingerprint density at radius 3 is 2.50 bits per heavy atom. The van der Waals surface area contributed by atoms with Gasteiger partial charge in [0.2, 0.25) is 0 Å². The molecule has 2 N–H and O–H groups in total. The Balaban J connectivity index is 3.69. The summed E-state index contributed by atoms with van der Waals surface area (Å²) in [4.78, 5) is 3.97. The first-order valence-electron chi connectivity index (χ1n) is 5.92. The molecule has 0 bridgehead atoms. The molecule has 4 nitrogen and oxygen atoms in total. The SMILES string of the molecule is CN=C(NCCCCC(F)(F)F)NC(C)COC. The topological polar surface area (TPSA) is 45.7 Å². The van der Waals surface area contributed by atoms with Crippen LogP contribution in [-0.2, 0) is 4.74 Å². The maximum atomic E-state index is 11.9. The summed E-state index contributed by atoms with van der Waals surface area (Å²) in [5.41, 5.74) is 0. The van der Waals surface area contributed by atoms with Gasteiger partial charge in [-0.05, 0) is 19.8 Å². The molecule has 0 saturated heterocycles. The maximum absolute atomic E-state index is 11.9. The van der Waals surface area contributed by atoms with Crippen LogP contribution in [0.15, 0.2) is 4.99 Å². The summed E-state index contributed by atoms with van der Waals surface area (Å²) in [6.07, 6.45) is -4.21. The number of aliphatic imine (C=N–C) groups is 1. The molecule has 0 aromatic heterocycles. The Morgan fingerprint density at radius 2 is 2.00 bits per heavy atom. The van der Waals surface area contributed by atoms with Gasteiger partial charge in [0, 0.05) is 33.2 Å². The Bertz CT molecular complexity index is 244. The van der Waals surface area contributed by atoms with Gasteiger partial charge in [0.15, 0.2) is 5.96 Å². The molecule has 0 aliphatic heterocycles. The van der Waals surface area contributed by atoms with E-state index in [0.29, 0.717) is 25.5 Å². The molecule has 0 rings (SSSR count). The first-order chi connectivity index (χ1) is 8.39. The monoisotopic (exact) mass is 269 g/mol. The zero-order valence-electron chi connectivity index (χ0n) is 11.1. The number of methoxy groups -OCH3 is 1. The second kappa shape index (κ2) is 9.02. The quantitative estimate of drug-likeness (QED) is 0.422. The van der Waals surface area contributed by atoms with Crippen LogP contribution in [0.25, 0.3) is 0 Å². The molecule has 0 aromatic carbocycles. The summed E-state index contributed by atoms with van der Waals surface area (Å²) in [6, 6.07) is 0.0939. The number of rotatable bonds is 7. The summed E-state index contributed by atoms with van der Waals surface area (Å²) in [7, 11) is 3.22. The number of unbranched alkanes of at least 4 members (excludes halogenated alkanes) is 1. The van der Waals surface area contributed by atoms with Crippen molar-refractivity contribution >= 4 is 5.96 Å². The fourth-order valence-electron chi connectivity index (χ4n) is 1.38. The van der Waals surface area contributed by atoms with Gasteiger partial charge in [0.25, 0.3) is 0 Å². The lowest BCUT2D eigenvalue weighted by Gasteiger charge is -2.17. The van der Waals surface area contributed by atoms with Crippen LogP contribution in [0.2, 0.25) is 0 Å². The third-order valence-electron chi connectivity index (χ3n) is 2.20. The Hall–Kier alpha value is -0.980. The van der Waals surface area contributed by atoms with Crippen LogP contribution in [0, 0.1) is 0 Å².